The van der Waals surface area contributed by atoms with Gasteiger partial charge in [0.1, 0.15) is 0 Å². The van der Waals surface area contributed by atoms with Crippen LogP contribution in [0, 0.1) is 0 Å². The van der Waals surface area contributed by atoms with Gasteiger partial charge >= 0.3 is 0 Å². The first-order valence-corrected chi connectivity index (χ1v) is 8.62. The van der Waals surface area contributed by atoms with Gasteiger partial charge in [0.2, 0.25) is 0 Å². The summed E-state index contributed by atoms with van der Waals surface area (Å²) in [6.07, 6.45) is 4.33. The third-order valence-electron chi connectivity index (χ3n) is 5.34. The van der Waals surface area contributed by atoms with E-state index in [0.717, 1.165) is 0 Å². The number of benzene rings is 4. The Balaban J connectivity index is 1.78. The number of fused-ring (bicyclic) bond motifs is 1. The third-order valence-corrected chi connectivity index (χ3v) is 5.34. The van der Waals surface area contributed by atoms with Crippen molar-refractivity contribution in [2.45, 2.75) is 0 Å². The van der Waals surface area contributed by atoms with E-state index in [4.69, 9.17) is 0 Å². The molecule has 0 N–H and O–H groups in total. The summed E-state index contributed by atoms with van der Waals surface area (Å²) >= 11 is 0. The zero-order chi connectivity index (χ0) is 16.4. The van der Waals surface area contributed by atoms with Crippen LogP contribution in [0.1, 0.15) is 0 Å². The van der Waals surface area contributed by atoms with E-state index in [2.05, 4.69) is 95.7 Å². The Morgan fingerprint density at radius 1 is 0.600 bits per heavy atom. The van der Waals surface area contributed by atoms with Gasteiger partial charge in [-0.15, -0.1) is 0 Å². The molecule has 0 unspecified atom stereocenters. The second-order valence-electron chi connectivity index (χ2n) is 6.73. The molecular formula is C24H15N. The van der Waals surface area contributed by atoms with Crippen LogP contribution in [-0.4, -0.2) is 4.40 Å². The number of hydrogen-bond donors (Lipinski definition) is 0. The van der Waals surface area contributed by atoms with Crippen molar-refractivity contribution < 1.29 is 0 Å². The predicted molar refractivity (Wildman–Crippen MR) is 107 cm³/mol. The Morgan fingerprint density at radius 2 is 1.36 bits per heavy atom. The molecule has 0 aliphatic rings. The number of pyridine rings is 1. The average Bonchev–Trinajstić information content (AvgIpc) is 3.10. The van der Waals surface area contributed by atoms with Crippen LogP contribution in [0.2, 0.25) is 0 Å². The van der Waals surface area contributed by atoms with Gasteiger partial charge in [0.15, 0.2) is 0 Å². The molecule has 25 heavy (non-hydrogen) atoms. The molecule has 0 spiro atoms. The maximum Gasteiger partial charge on any atom is 0.0456 e. The Kier molecular flexibility index (Phi) is 2.40. The highest BCUT2D eigenvalue weighted by atomic mass is 14.8. The molecule has 0 saturated carbocycles. The normalized spacial score (nSPS) is 12.0. The summed E-state index contributed by atoms with van der Waals surface area (Å²) in [7, 11) is 0. The number of rotatable bonds is 1. The molecule has 0 saturated heterocycles. The molecular weight excluding hydrogens is 302 g/mol. The summed E-state index contributed by atoms with van der Waals surface area (Å²) in [5, 5.41) is 8.03. The molecule has 0 amide bonds. The van der Waals surface area contributed by atoms with Gasteiger partial charge in [-0.05, 0) is 56.1 Å². The summed E-state index contributed by atoms with van der Waals surface area (Å²) in [5.74, 6) is 0. The molecule has 0 radical (unpaired) electrons. The van der Waals surface area contributed by atoms with Crippen LogP contribution < -0.4 is 0 Å². The lowest BCUT2D eigenvalue weighted by molar-refractivity contribution is 1.20. The molecule has 0 atom stereocenters. The first-order valence-electron chi connectivity index (χ1n) is 8.62. The fourth-order valence-corrected chi connectivity index (χ4v) is 4.19. The molecule has 4 aromatic carbocycles. The molecule has 6 rings (SSSR count). The van der Waals surface area contributed by atoms with Gasteiger partial charge in [-0.3, -0.25) is 0 Å². The summed E-state index contributed by atoms with van der Waals surface area (Å²) in [5.41, 5.74) is 3.79. The minimum absolute atomic E-state index is 1.23. The van der Waals surface area contributed by atoms with Gasteiger partial charge in [0.05, 0.1) is 0 Å². The van der Waals surface area contributed by atoms with E-state index >= 15 is 0 Å². The first-order chi connectivity index (χ1) is 12.4. The molecule has 0 aliphatic heterocycles. The maximum absolute atomic E-state index is 2.28. The van der Waals surface area contributed by atoms with E-state index in [1.54, 1.807) is 0 Å². The van der Waals surface area contributed by atoms with Crippen LogP contribution >= 0.6 is 0 Å². The third kappa shape index (κ3) is 1.72. The van der Waals surface area contributed by atoms with Crippen molar-refractivity contribution in [1.29, 1.82) is 0 Å². The highest BCUT2D eigenvalue weighted by molar-refractivity contribution is 6.25. The topological polar surface area (TPSA) is 4.41 Å². The minimum Gasteiger partial charge on any atom is -0.323 e. The van der Waals surface area contributed by atoms with Gasteiger partial charge in [0.25, 0.3) is 0 Å². The lowest BCUT2D eigenvalue weighted by atomic mass is 9.90. The Labute approximate surface area is 145 Å². The molecule has 0 fully saturated rings. The summed E-state index contributed by atoms with van der Waals surface area (Å²) in [6, 6.07) is 28.7. The minimum atomic E-state index is 1.23. The van der Waals surface area contributed by atoms with Crippen LogP contribution in [0.25, 0.3) is 49.0 Å². The largest absolute Gasteiger partial charge is 0.323 e. The Bertz CT molecular complexity index is 1340. The van der Waals surface area contributed by atoms with Crippen molar-refractivity contribution in [3.63, 3.8) is 0 Å². The van der Waals surface area contributed by atoms with E-state index in [0.29, 0.717) is 0 Å². The summed E-state index contributed by atoms with van der Waals surface area (Å²) in [6.45, 7) is 0. The zero-order valence-corrected chi connectivity index (χ0v) is 13.6. The van der Waals surface area contributed by atoms with Crippen molar-refractivity contribution in [2.24, 2.45) is 0 Å². The highest BCUT2D eigenvalue weighted by Gasteiger charge is 2.12. The molecule has 1 nitrogen and oxygen atoms in total. The molecule has 2 heterocycles. The number of hydrogen-bond acceptors (Lipinski definition) is 0. The zero-order valence-electron chi connectivity index (χ0n) is 13.6. The van der Waals surface area contributed by atoms with Gasteiger partial charge in [0, 0.05) is 23.5 Å². The van der Waals surface area contributed by atoms with E-state index in [1.807, 2.05) is 0 Å². The summed E-state index contributed by atoms with van der Waals surface area (Å²) in [4.78, 5) is 0. The highest BCUT2D eigenvalue weighted by Crippen LogP contribution is 2.39. The summed E-state index contributed by atoms with van der Waals surface area (Å²) < 4.78 is 2.19. The monoisotopic (exact) mass is 317 g/mol. The van der Waals surface area contributed by atoms with Crippen molar-refractivity contribution in [2.75, 3.05) is 0 Å². The van der Waals surface area contributed by atoms with Crippen molar-refractivity contribution >= 4 is 37.8 Å². The van der Waals surface area contributed by atoms with Crippen LogP contribution in [0.3, 0.4) is 0 Å². The molecule has 1 heteroatoms. The van der Waals surface area contributed by atoms with Crippen molar-refractivity contribution in [3.8, 4) is 11.1 Å². The van der Waals surface area contributed by atoms with E-state index in [9.17, 15) is 0 Å². The van der Waals surface area contributed by atoms with Crippen LogP contribution in [0.15, 0.2) is 91.3 Å². The molecule has 2 aromatic heterocycles. The van der Waals surface area contributed by atoms with Crippen molar-refractivity contribution in [3.05, 3.63) is 91.3 Å². The van der Waals surface area contributed by atoms with Gasteiger partial charge in [-0.1, -0.05) is 60.7 Å². The smallest absolute Gasteiger partial charge is 0.0456 e. The van der Waals surface area contributed by atoms with E-state index in [-0.39, 0.29) is 0 Å². The van der Waals surface area contributed by atoms with Crippen molar-refractivity contribution in [1.82, 2.24) is 4.40 Å². The van der Waals surface area contributed by atoms with Crippen LogP contribution in [0.4, 0.5) is 0 Å². The Morgan fingerprint density at radius 3 is 2.20 bits per heavy atom. The van der Waals surface area contributed by atoms with E-state index in [1.165, 1.54) is 49.0 Å². The van der Waals surface area contributed by atoms with Gasteiger partial charge in [-0.25, -0.2) is 0 Å². The fraction of sp³-hybridized carbons (Fsp3) is 0. The van der Waals surface area contributed by atoms with Gasteiger partial charge < -0.3 is 4.40 Å². The quantitative estimate of drug-likeness (QED) is 0.305. The molecule has 0 aliphatic carbocycles. The second kappa shape index (κ2) is 4.61. The maximum atomic E-state index is 2.28. The number of aromatic nitrogens is 1. The second-order valence-corrected chi connectivity index (χ2v) is 6.73. The molecule has 6 aromatic rings. The van der Waals surface area contributed by atoms with Crippen LogP contribution in [0.5, 0.6) is 0 Å². The first kappa shape index (κ1) is 13.0. The predicted octanol–water partition coefficient (Wildman–Crippen LogP) is 6.50. The average molecular weight is 317 g/mol. The lowest BCUT2D eigenvalue weighted by Gasteiger charge is -2.13. The molecule has 116 valence electrons. The van der Waals surface area contributed by atoms with Crippen LogP contribution in [-0.2, 0) is 0 Å². The van der Waals surface area contributed by atoms with Gasteiger partial charge in [-0.2, -0.15) is 0 Å². The lowest BCUT2D eigenvalue weighted by Crippen LogP contribution is -1.86. The SMILES string of the molecule is c1cc2ccc3ccc(-c4cc5ccccn5c4)c4ccc(c1)c2c34. The number of nitrogens with zero attached hydrogens (tertiary/aromatic N) is 1. The molecule has 0 bridgehead atoms. The standard InChI is InChI=1S/C24H15N/c1-2-13-25-15-19(14-20(25)6-1)21-11-9-18-8-7-16-4-3-5-17-10-12-22(21)24(18)23(16)17/h1-15H. The van der Waals surface area contributed by atoms with E-state index < -0.39 is 0 Å². The fourth-order valence-electron chi connectivity index (χ4n) is 4.19. The Hall–Kier alpha value is -3.32.